The van der Waals surface area contributed by atoms with Gasteiger partial charge in [-0.25, -0.2) is 0 Å². The van der Waals surface area contributed by atoms with E-state index in [-0.39, 0.29) is 0 Å². The standard InChI is InChI=1S/C6H9N/c1-2-4-6(3-1)5-7-6/h1-2,7H,3-5H2. The molecule has 1 saturated heterocycles. The summed E-state index contributed by atoms with van der Waals surface area (Å²) in [5.41, 5.74) is 0.583. The topological polar surface area (TPSA) is 21.9 Å². The first kappa shape index (κ1) is 3.67. The fourth-order valence-corrected chi connectivity index (χ4v) is 1.11. The molecule has 2 rings (SSSR count). The second-order valence-corrected chi connectivity index (χ2v) is 2.51. The number of hydrogen-bond donors (Lipinski definition) is 1. The summed E-state index contributed by atoms with van der Waals surface area (Å²) in [5.74, 6) is 0. The van der Waals surface area contributed by atoms with Crippen molar-refractivity contribution >= 4 is 0 Å². The molecule has 1 heterocycles. The lowest BCUT2D eigenvalue weighted by atomic mass is 10.1. The highest BCUT2D eigenvalue weighted by Crippen LogP contribution is 2.31. The van der Waals surface area contributed by atoms with Crippen LogP contribution in [-0.2, 0) is 0 Å². The summed E-state index contributed by atoms with van der Waals surface area (Å²) in [4.78, 5) is 0. The van der Waals surface area contributed by atoms with Crippen LogP contribution in [0.25, 0.3) is 0 Å². The molecule has 1 spiro atoms. The average Bonchev–Trinajstić information content (AvgIpc) is 2.15. The van der Waals surface area contributed by atoms with E-state index in [1.54, 1.807) is 0 Å². The lowest BCUT2D eigenvalue weighted by molar-refractivity contribution is 0.683. The molecular formula is C6H9N. The summed E-state index contributed by atoms with van der Waals surface area (Å²) < 4.78 is 0. The molecule has 0 radical (unpaired) electrons. The normalized spacial score (nSPS) is 32.0. The molecule has 0 aromatic heterocycles. The van der Waals surface area contributed by atoms with Crippen LogP contribution in [0, 0.1) is 0 Å². The van der Waals surface area contributed by atoms with Crippen LogP contribution >= 0.6 is 0 Å². The predicted octanol–water partition coefficient (Wildman–Crippen LogP) is 0.678. The van der Waals surface area contributed by atoms with Crippen LogP contribution in [0.3, 0.4) is 0 Å². The molecule has 1 fully saturated rings. The van der Waals surface area contributed by atoms with Crippen LogP contribution in [-0.4, -0.2) is 12.1 Å². The Morgan fingerprint density at radius 1 is 1.29 bits per heavy atom. The van der Waals surface area contributed by atoms with Crippen LogP contribution < -0.4 is 5.32 Å². The van der Waals surface area contributed by atoms with E-state index in [2.05, 4.69) is 17.5 Å². The van der Waals surface area contributed by atoms with Gasteiger partial charge in [0.1, 0.15) is 0 Å². The monoisotopic (exact) mass is 95.1 g/mol. The summed E-state index contributed by atoms with van der Waals surface area (Å²) in [6, 6.07) is 0. The van der Waals surface area contributed by atoms with Crippen molar-refractivity contribution in [2.75, 3.05) is 6.54 Å². The van der Waals surface area contributed by atoms with E-state index in [9.17, 15) is 0 Å². The lowest BCUT2D eigenvalue weighted by Crippen LogP contribution is -2.07. The molecule has 38 valence electrons. The summed E-state index contributed by atoms with van der Waals surface area (Å²) >= 11 is 0. The van der Waals surface area contributed by atoms with E-state index < -0.39 is 0 Å². The fourth-order valence-electron chi connectivity index (χ4n) is 1.11. The molecule has 0 unspecified atom stereocenters. The molecule has 1 aliphatic carbocycles. The maximum absolute atomic E-state index is 3.35. The zero-order valence-electron chi connectivity index (χ0n) is 4.28. The van der Waals surface area contributed by atoms with Crippen molar-refractivity contribution in [2.24, 2.45) is 0 Å². The van der Waals surface area contributed by atoms with E-state index in [1.807, 2.05) is 0 Å². The Morgan fingerprint density at radius 3 is 2.14 bits per heavy atom. The summed E-state index contributed by atoms with van der Waals surface area (Å²) in [6.07, 6.45) is 7.07. The minimum atomic E-state index is 0.583. The van der Waals surface area contributed by atoms with Crippen LogP contribution in [0.2, 0.25) is 0 Å². The highest BCUT2D eigenvalue weighted by molar-refractivity contribution is 5.17. The van der Waals surface area contributed by atoms with E-state index in [0.29, 0.717) is 5.54 Å². The molecule has 1 nitrogen and oxygen atoms in total. The summed E-state index contributed by atoms with van der Waals surface area (Å²) in [6.45, 7) is 1.25. The maximum Gasteiger partial charge on any atom is 0.0376 e. The molecule has 0 aromatic rings. The van der Waals surface area contributed by atoms with Crippen LogP contribution in [0.15, 0.2) is 12.2 Å². The smallest absolute Gasteiger partial charge is 0.0376 e. The molecule has 1 aliphatic heterocycles. The minimum absolute atomic E-state index is 0.583. The largest absolute Gasteiger partial charge is 0.308 e. The van der Waals surface area contributed by atoms with E-state index >= 15 is 0 Å². The molecule has 0 amide bonds. The molecule has 2 aliphatic rings. The summed E-state index contributed by atoms with van der Waals surface area (Å²) in [7, 11) is 0. The van der Waals surface area contributed by atoms with Crippen molar-refractivity contribution in [3.8, 4) is 0 Å². The molecule has 1 heteroatoms. The first-order valence-corrected chi connectivity index (χ1v) is 2.81. The van der Waals surface area contributed by atoms with Crippen molar-refractivity contribution in [2.45, 2.75) is 18.4 Å². The van der Waals surface area contributed by atoms with Gasteiger partial charge in [0, 0.05) is 12.1 Å². The first-order valence-electron chi connectivity index (χ1n) is 2.81. The second kappa shape index (κ2) is 0.920. The molecule has 7 heavy (non-hydrogen) atoms. The van der Waals surface area contributed by atoms with Gasteiger partial charge in [0.2, 0.25) is 0 Å². The Bertz CT molecular complexity index is 101. The van der Waals surface area contributed by atoms with Gasteiger partial charge in [-0.3, -0.25) is 0 Å². The summed E-state index contributed by atoms with van der Waals surface area (Å²) in [5, 5.41) is 3.35. The zero-order valence-corrected chi connectivity index (χ0v) is 4.28. The van der Waals surface area contributed by atoms with E-state index in [4.69, 9.17) is 0 Å². The quantitative estimate of drug-likeness (QED) is 0.347. The van der Waals surface area contributed by atoms with Gasteiger partial charge in [-0.1, -0.05) is 12.2 Å². The fraction of sp³-hybridized carbons (Fsp3) is 0.667. The zero-order chi connectivity index (χ0) is 4.74. The Hall–Kier alpha value is -0.300. The molecule has 1 N–H and O–H groups in total. The second-order valence-electron chi connectivity index (χ2n) is 2.51. The Morgan fingerprint density at radius 2 is 1.86 bits per heavy atom. The third kappa shape index (κ3) is 0.416. The van der Waals surface area contributed by atoms with Gasteiger partial charge in [-0.05, 0) is 12.8 Å². The van der Waals surface area contributed by atoms with Gasteiger partial charge in [0.15, 0.2) is 0 Å². The first-order chi connectivity index (χ1) is 3.41. The third-order valence-electron chi connectivity index (χ3n) is 1.86. The van der Waals surface area contributed by atoms with Crippen molar-refractivity contribution in [1.82, 2.24) is 5.32 Å². The van der Waals surface area contributed by atoms with Gasteiger partial charge in [-0.15, -0.1) is 0 Å². The van der Waals surface area contributed by atoms with Gasteiger partial charge >= 0.3 is 0 Å². The highest BCUT2D eigenvalue weighted by atomic mass is 15.2. The molecule has 0 bridgehead atoms. The molecular weight excluding hydrogens is 86.1 g/mol. The third-order valence-corrected chi connectivity index (χ3v) is 1.86. The lowest BCUT2D eigenvalue weighted by Gasteiger charge is -1.96. The van der Waals surface area contributed by atoms with Gasteiger partial charge < -0.3 is 5.32 Å². The Balaban J connectivity index is 2.14. The highest BCUT2D eigenvalue weighted by Gasteiger charge is 2.41. The number of hydrogen-bond acceptors (Lipinski definition) is 1. The van der Waals surface area contributed by atoms with Crippen molar-refractivity contribution in [1.29, 1.82) is 0 Å². The average molecular weight is 95.1 g/mol. The predicted molar refractivity (Wildman–Crippen MR) is 29.1 cm³/mol. The number of rotatable bonds is 0. The molecule has 0 saturated carbocycles. The Kier molecular flexibility index (Phi) is 0.482. The number of nitrogens with one attached hydrogen (secondary N) is 1. The van der Waals surface area contributed by atoms with E-state index in [0.717, 1.165) is 0 Å². The van der Waals surface area contributed by atoms with Crippen molar-refractivity contribution in [3.05, 3.63) is 12.2 Å². The van der Waals surface area contributed by atoms with Gasteiger partial charge in [0.05, 0.1) is 0 Å². The van der Waals surface area contributed by atoms with Gasteiger partial charge in [0.25, 0.3) is 0 Å². The van der Waals surface area contributed by atoms with Crippen molar-refractivity contribution < 1.29 is 0 Å². The van der Waals surface area contributed by atoms with Crippen LogP contribution in [0.5, 0.6) is 0 Å². The van der Waals surface area contributed by atoms with E-state index in [1.165, 1.54) is 19.4 Å². The molecule has 0 atom stereocenters. The van der Waals surface area contributed by atoms with Crippen molar-refractivity contribution in [3.63, 3.8) is 0 Å². The minimum Gasteiger partial charge on any atom is -0.308 e. The Labute approximate surface area is 43.4 Å². The maximum atomic E-state index is 3.35. The molecule has 0 aromatic carbocycles. The van der Waals surface area contributed by atoms with Crippen LogP contribution in [0.4, 0.5) is 0 Å². The van der Waals surface area contributed by atoms with Gasteiger partial charge in [-0.2, -0.15) is 0 Å². The SMILES string of the molecule is C1=CCC2(C1)CN2. The van der Waals surface area contributed by atoms with Crippen LogP contribution in [0.1, 0.15) is 12.8 Å².